The SMILES string of the molecule is CC1(C)CCCN1c1ncnc2c(S(=O)(=O)c3ccccc3)c(N)[nH]c12. The van der Waals surface area contributed by atoms with Crippen molar-refractivity contribution in [1.82, 2.24) is 15.0 Å². The summed E-state index contributed by atoms with van der Waals surface area (Å²) in [5.74, 6) is 0.779. The van der Waals surface area contributed by atoms with Crippen molar-refractivity contribution in [3.8, 4) is 0 Å². The zero-order chi connectivity index (χ0) is 18.5. The minimum Gasteiger partial charge on any atom is -0.384 e. The minimum atomic E-state index is -3.79. The average molecular weight is 371 g/mol. The van der Waals surface area contributed by atoms with E-state index in [2.05, 4.69) is 33.7 Å². The Morgan fingerprint density at radius 3 is 2.58 bits per heavy atom. The summed E-state index contributed by atoms with van der Waals surface area (Å²) in [4.78, 5) is 14.1. The van der Waals surface area contributed by atoms with Crippen LogP contribution in [0.25, 0.3) is 11.0 Å². The fourth-order valence-electron chi connectivity index (χ4n) is 3.68. The molecule has 1 aliphatic rings. The van der Waals surface area contributed by atoms with Crippen LogP contribution in [0.3, 0.4) is 0 Å². The van der Waals surface area contributed by atoms with Gasteiger partial charge >= 0.3 is 0 Å². The molecule has 0 unspecified atom stereocenters. The van der Waals surface area contributed by atoms with Crippen LogP contribution in [0.5, 0.6) is 0 Å². The molecule has 8 heteroatoms. The van der Waals surface area contributed by atoms with E-state index in [0.29, 0.717) is 16.9 Å². The standard InChI is InChI=1S/C18H21N5O2S/c1-18(2)9-6-10-23(18)17-14-13(20-11-21-17)15(16(19)22-14)26(24,25)12-7-4-3-5-8-12/h3-5,7-8,11,22H,6,9-10,19H2,1-2H3. The third kappa shape index (κ3) is 2.44. The molecule has 0 atom stereocenters. The van der Waals surface area contributed by atoms with E-state index < -0.39 is 9.84 Å². The topological polar surface area (TPSA) is 105 Å². The lowest BCUT2D eigenvalue weighted by Crippen LogP contribution is -2.38. The van der Waals surface area contributed by atoms with Crippen LogP contribution in [0.2, 0.25) is 0 Å². The average Bonchev–Trinajstić information content (AvgIpc) is 3.13. The predicted molar refractivity (Wildman–Crippen MR) is 101 cm³/mol. The van der Waals surface area contributed by atoms with E-state index >= 15 is 0 Å². The number of aromatic nitrogens is 3. The molecule has 3 aromatic rings. The van der Waals surface area contributed by atoms with Crippen molar-refractivity contribution in [2.45, 2.75) is 42.0 Å². The van der Waals surface area contributed by atoms with Crippen LogP contribution in [0.1, 0.15) is 26.7 Å². The molecule has 7 nitrogen and oxygen atoms in total. The van der Waals surface area contributed by atoms with Crippen LogP contribution < -0.4 is 10.6 Å². The molecule has 0 saturated carbocycles. The second kappa shape index (κ2) is 5.70. The Bertz CT molecular complexity index is 1070. The molecule has 1 aromatic carbocycles. The molecule has 0 spiro atoms. The van der Waals surface area contributed by atoms with Gasteiger partial charge < -0.3 is 15.6 Å². The maximum absolute atomic E-state index is 13.1. The maximum atomic E-state index is 13.1. The summed E-state index contributed by atoms with van der Waals surface area (Å²) in [6.45, 7) is 5.17. The van der Waals surface area contributed by atoms with Crippen LogP contribution in [0.15, 0.2) is 46.5 Å². The van der Waals surface area contributed by atoms with Crippen molar-refractivity contribution in [2.24, 2.45) is 0 Å². The lowest BCUT2D eigenvalue weighted by molar-refractivity contribution is 0.515. The number of benzene rings is 1. The molecule has 26 heavy (non-hydrogen) atoms. The second-order valence-corrected chi connectivity index (χ2v) is 9.06. The number of anilines is 2. The third-order valence-electron chi connectivity index (χ3n) is 5.03. The third-order valence-corrected chi connectivity index (χ3v) is 6.87. The number of fused-ring (bicyclic) bond motifs is 1. The van der Waals surface area contributed by atoms with E-state index in [1.165, 1.54) is 6.33 Å². The van der Waals surface area contributed by atoms with Gasteiger partial charge in [-0.25, -0.2) is 18.4 Å². The Kier molecular flexibility index (Phi) is 3.69. The van der Waals surface area contributed by atoms with Gasteiger partial charge in [-0.2, -0.15) is 0 Å². The highest BCUT2D eigenvalue weighted by molar-refractivity contribution is 7.92. The first-order valence-electron chi connectivity index (χ1n) is 8.52. The second-order valence-electron chi connectivity index (χ2n) is 7.17. The number of hydrogen-bond donors (Lipinski definition) is 2. The highest BCUT2D eigenvalue weighted by Crippen LogP contribution is 2.39. The quantitative estimate of drug-likeness (QED) is 0.733. The molecule has 0 aliphatic carbocycles. The lowest BCUT2D eigenvalue weighted by atomic mass is 10.0. The van der Waals surface area contributed by atoms with Crippen molar-refractivity contribution >= 4 is 32.5 Å². The van der Waals surface area contributed by atoms with E-state index in [1.54, 1.807) is 30.3 Å². The molecule has 1 saturated heterocycles. The summed E-state index contributed by atoms with van der Waals surface area (Å²) in [6, 6.07) is 8.25. The lowest BCUT2D eigenvalue weighted by Gasteiger charge is -2.32. The van der Waals surface area contributed by atoms with E-state index in [-0.39, 0.29) is 21.1 Å². The Hall–Kier alpha value is -2.61. The number of nitrogens with one attached hydrogen (secondary N) is 1. The van der Waals surface area contributed by atoms with Gasteiger partial charge in [-0.15, -0.1) is 0 Å². The molecule has 0 amide bonds. The molecule has 3 N–H and O–H groups in total. The van der Waals surface area contributed by atoms with Gasteiger partial charge in [0.25, 0.3) is 0 Å². The molecule has 1 aliphatic heterocycles. The number of hydrogen-bond acceptors (Lipinski definition) is 6. The van der Waals surface area contributed by atoms with Gasteiger partial charge in [-0.3, -0.25) is 0 Å². The molecule has 4 rings (SSSR count). The van der Waals surface area contributed by atoms with Crippen molar-refractivity contribution < 1.29 is 8.42 Å². The predicted octanol–water partition coefficient (Wildman–Crippen LogP) is 2.75. The van der Waals surface area contributed by atoms with Crippen molar-refractivity contribution in [3.63, 3.8) is 0 Å². The first-order chi connectivity index (χ1) is 12.3. The fraction of sp³-hybridized carbons (Fsp3) is 0.333. The van der Waals surface area contributed by atoms with E-state index in [1.807, 2.05) is 0 Å². The number of H-pyrrole nitrogens is 1. The highest BCUT2D eigenvalue weighted by atomic mass is 32.2. The first kappa shape index (κ1) is 16.8. The molecule has 0 radical (unpaired) electrons. The number of rotatable bonds is 3. The Morgan fingerprint density at radius 2 is 1.92 bits per heavy atom. The number of aromatic amines is 1. The summed E-state index contributed by atoms with van der Waals surface area (Å²) in [5, 5.41) is 0. The fourth-order valence-corrected chi connectivity index (χ4v) is 5.18. The Morgan fingerprint density at radius 1 is 1.19 bits per heavy atom. The molecular weight excluding hydrogens is 350 g/mol. The summed E-state index contributed by atoms with van der Waals surface area (Å²) >= 11 is 0. The largest absolute Gasteiger partial charge is 0.384 e. The Balaban J connectivity index is 1.94. The molecule has 0 bridgehead atoms. The monoisotopic (exact) mass is 371 g/mol. The molecule has 3 heterocycles. The van der Waals surface area contributed by atoms with Crippen molar-refractivity contribution in [1.29, 1.82) is 0 Å². The van der Waals surface area contributed by atoms with E-state index in [4.69, 9.17) is 5.73 Å². The zero-order valence-corrected chi connectivity index (χ0v) is 15.5. The van der Waals surface area contributed by atoms with Gasteiger partial charge in [0.05, 0.1) is 4.90 Å². The Labute approximate surface area is 152 Å². The van der Waals surface area contributed by atoms with Crippen LogP contribution >= 0.6 is 0 Å². The summed E-state index contributed by atoms with van der Waals surface area (Å²) in [5.41, 5.74) is 6.93. The molecular formula is C18H21N5O2S. The summed E-state index contributed by atoms with van der Waals surface area (Å²) < 4.78 is 26.2. The maximum Gasteiger partial charge on any atom is 0.212 e. The van der Waals surface area contributed by atoms with Crippen LogP contribution in [-0.2, 0) is 9.84 Å². The van der Waals surface area contributed by atoms with Gasteiger partial charge in [0.2, 0.25) is 9.84 Å². The first-order valence-corrected chi connectivity index (χ1v) is 10.0. The van der Waals surface area contributed by atoms with Crippen LogP contribution in [0, 0.1) is 0 Å². The number of nitrogens with zero attached hydrogens (tertiary/aromatic N) is 3. The van der Waals surface area contributed by atoms with Crippen molar-refractivity contribution in [3.05, 3.63) is 36.7 Å². The molecule has 1 fully saturated rings. The number of nitrogens with two attached hydrogens (primary N) is 1. The summed E-state index contributed by atoms with van der Waals surface area (Å²) in [6.07, 6.45) is 3.51. The van der Waals surface area contributed by atoms with Gasteiger partial charge in [-0.1, -0.05) is 18.2 Å². The van der Waals surface area contributed by atoms with Crippen LogP contribution in [0.4, 0.5) is 11.6 Å². The van der Waals surface area contributed by atoms with Crippen molar-refractivity contribution in [2.75, 3.05) is 17.2 Å². The van der Waals surface area contributed by atoms with Gasteiger partial charge in [-0.05, 0) is 38.8 Å². The molecule has 2 aromatic heterocycles. The van der Waals surface area contributed by atoms with E-state index in [0.717, 1.165) is 19.4 Å². The number of nitrogen functional groups attached to an aromatic ring is 1. The minimum absolute atomic E-state index is 0.0133. The van der Waals surface area contributed by atoms with Crippen LogP contribution in [-0.4, -0.2) is 35.5 Å². The number of sulfone groups is 1. The van der Waals surface area contributed by atoms with Gasteiger partial charge in [0.15, 0.2) is 5.82 Å². The smallest absolute Gasteiger partial charge is 0.212 e. The zero-order valence-electron chi connectivity index (χ0n) is 14.7. The highest BCUT2D eigenvalue weighted by Gasteiger charge is 2.35. The summed E-state index contributed by atoms with van der Waals surface area (Å²) in [7, 11) is -3.79. The van der Waals surface area contributed by atoms with Gasteiger partial charge in [0, 0.05) is 12.1 Å². The normalized spacial score (nSPS) is 17.1. The van der Waals surface area contributed by atoms with Gasteiger partial charge in [0.1, 0.15) is 28.1 Å². The van der Waals surface area contributed by atoms with E-state index in [9.17, 15) is 8.42 Å². The molecule has 136 valence electrons.